The van der Waals surface area contributed by atoms with Crippen LogP contribution in [-0.2, 0) is 21.1 Å². The van der Waals surface area contributed by atoms with E-state index in [1.54, 1.807) is 18.2 Å². The Kier molecular flexibility index (Phi) is 7800. The summed E-state index contributed by atoms with van der Waals surface area (Å²) in [5.74, 6) is 0. The summed E-state index contributed by atoms with van der Waals surface area (Å²) in [6.45, 7) is 4.29. The van der Waals surface area contributed by atoms with E-state index in [0.717, 1.165) is 0 Å². The molecule has 3 nitrogen and oxygen atoms in total. The van der Waals surface area contributed by atoms with Crippen LogP contribution in [0, 0.1) is 72.5 Å². The molecule has 0 fully saturated rings. The van der Waals surface area contributed by atoms with Crippen molar-refractivity contribution >= 4 is 0 Å². The van der Waals surface area contributed by atoms with Gasteiger partial charge in [-0.15, -0.1) is 0 Å². The van der Waals surface area contributed by atoms with Crippen LogP contribution >= 0.6 is 0 Å². The number of rotatable bonds is 0. The maximum Gasteiger partial charge on any atom is 3.00 e. The van der Waals surface area contributed by atoms with Crippen LogP contribution in [0.4, 0.5) is 0 Å². The molecule has 0 aliphatic carbocycles. The topological polar surface area (TPSA) is 71.4 Å². The second-order valence-electron chi connectivity index (χ2n) is 0.671. The first-order chi connectivity index (χ1) is 7.24. The summed E-state index contributed by atoms with van der Waals surface area (Å²) >= 11 is 0. The van der Waals surface area contributed by atoms with Crippen LogP contribution in [0.2, 0.25) is 0 Å². The first-order valence-electron chi connectivity index (χ1n) is 3.04. The molecular weight excluding hydrogens is 282 g/mol. The third-order valence-corrected chi connectivity index (χ3v) is 0. The van der Waals surface area contributed by atoms with E-state index in [1.807, 2.05) is 0 Å². The minimum Gasteiger partial charge on any atom is -0.697 e. The third kappa shape index (κ3) is 298. The molecule has 4 heteroatoms. The molecule has 0 spiro atoms. The van der Waals surface area contributed by atoms with Crippen LogP contribution in [0.15, 0.2) is 0 Å². The second-order valence-corrected chi connectivity index (χ2v) is 0.671. The third-order valence-electron chi connectivity index (χ3n) is 0. The van der Waals surface area contributed by atoms with Crippen molar-refractivity contribution in [3.05, 3.63) is 19.3 Å². The maximum absolute atomic E-state index is 7.32. The molecule has 0 unspecified atom stereocenters. The first-order valence-corrected chi connectivity index (χ1v) is 3.04. The van der Waals surface area contributed by atoms with Crippen LogP contribution in [0.25, 0.3) is 0 Å². The molecule has 0 aromatic carbocycles. The monoisotopic (exact) mass is 296 g/mol. The normalized spacial score (nSPS) is 1.88. The van der Waals surface area contributed by atoms with E-state index in [-0.39, 0.29) is 21.1 Å². The number of nitrogens with zero attached hydrogens (tertiary/aromatic N) is 3. The number of nitriles is 3. The standard InChI is InChI=1S/3C2H3N.3C2H.Mo/c3*1-2-3;3*1-2;/h3*1H3;3*1H;/q;;;3*-1;+3. The van der Waals surface area contributed by atoms with Crippen molar-refractivity contribution in [3.8, 4) is 37.5 Å². The number of terminal acetylenes is 3. The average Bonchev–Trinajstić information content (AvgIpc) is 2.29. The van der Waals surface area contributed by atoms with E-state index in [4.69, 9.17) is 35.1 Å². The summed E-state index contributed by atoms with van der Waals surface area (Å²) in [5, 5.41) is 22.0. The molecule has 0 saturated carbocycles. The Morgan fingerprint density at radius 1 is 0.625 bits per heavy atom. The van der Waals surface area contributed by atoms with Crippen molar-refractivity contribution in [2.24, 2.45) is 0 Å². The second kappa shape index (κ2) is 2560. The molecule has 0 bridgehead atoms. The zero-order chi connectivity index (χ0) is 14.1. The minimum atomic E-state index is 0. The molecule has 0 atom stereocenters. The van der Waals surface area contributed by atoms with Gasteiger partial charge in [-0.3, -0.25) is 0 Å². The first kappa shape index (κ1) is 48.8. The molecule has 0 aliphatic rings. The average molecular weight is 294 g/mol. The molecule has 0 rings (SSSR count). The Morgan fingerprint density at radius 2 is 0.625 bits per heavy atom. The zero-order valence-electron chi connectivity index (χ0n) is 9.48. The summed E-state index contributed by atoms with van der Waals surface area (Å²) in [6, 6.07) is 5.25. The van der Waals surface area contributed by atoms with Gasteiger partial charge in [0.15, 0.2) is 0 Å². The molecule has 0 N–H and O–H groups in total. The van der Waals surface area contributed by atoms with Crippen LogP contribution in [0.1, 0.15) is 20.8 Å². The maximum atomic E-state index is 7.32. The Bertz CT molecular complexity index is 187. The Labute approximate surface area is 114 Å². The van der Waals surface area contributed by atoms with Crippen molar-refractivity contribution in [1.82, 2.24) is 0 Å². The summed E-state index contributed by atoms with van der Waals surface area (Å²) in [4.78, 5) is 0. The van der Waals surface area contributed by atoms with Crippen molar-refractivity contribution in [1.29, 1.82) is 15.8 Å². The van der Waals surface area contributed by atoms with E-state index in [2.05, 4.69) is 19.3 Å². The SMILES string of the molecule is CC#N.CC#N.CC#N.[C-]#C.[C-]#C.[C-]#C.[Mo+3]. The summed E-state index contributed by atoms with van der Waals surface area (Å²) in [5.41, 5.74) is 0. The van der Waals surface area contributed by atoms with E-state index >= 15 is 0 Å². The largest absolute Gasteiger partial charge is 3.00 e. The fourth-order valence-corrected chi connectivity index (χ4v) is 0. The smallest absolute Gasteiger partial charge is 0.697 e. The molecule has 0 aromatic rings. The van der Waals surface area contributed by atoms with Crippen LogP contribution in [0.5, 0.6) is 0 Å². The van der Waals surface area contributed by atoms with Gasteiger partial charge in [0.25, 0.3) is 0 Å². The predicted octanol–water partition coefficient (Wildman–Crippen LogP) is 2.21. The summed E-state index contributed by atoms with van der Waals surface area (Å²) in [7, 11) is 0. The molecule has 81 valence electrons. The van der Waals surface area contributed by atoms with Gasteiger partial charge in [0.1, 0.15) is 0 Å². The van der Waals surface area contributed by atoms with Gasteiger partial charge in [0.05, 0.1) is 18.2 Å². The van der Waals surface area contributed by atoms with Gasteiger partial charge < -0.3 is 38.5 Å². The molecular formula is C12H12MoN3. The van der Waals surface area contributed by atoms with Crippen LogP contribution in [-0.4, -0.2) is 0 Å². The molecule has 0 amide bonds. The number of hydrogen-bond acceptors (Lipinski definition) is 3. The van der Waals surface area contributed by atoms with E-state index < -0.39 is 0 Å². The molecule has 0 saturated heterocycles. The van der Waals surface area contributed by atoms with Crippen molar-refractivity contribution in [2.75, 3.05) is 0 Å². The van der Waals surface area contributed by atoms with E-state index in [9.17, 15) is 0 Å². The van der Waals surface area contributed by atoms with Gasteiger partial charge in [-0.1, -0.05) is 0 Å². The fraction of sp³-hybridized carbons (Fsp3) is 0.250. The Morgan fingerprint density at radius 3 is 0.625 bits per heavy atom. The minimum absolute atomic E-state index is 0. The zero-order valence-corrected chi connectivity index (χ0v) is 11.5. The molecule has 16 heavy (non-hydrogen) atoms. The molecule has 0 heterocycles. The van der Waals surface area contributed by atoms with Gasteiger partial charge >= 0.3 is 21.1 Å². The van der Waals surface area contributed by atoms with Crippen molar-refractivity contribution in [2.45, 2.75) is 20.8 Å². The summed E-state index contributed by atoms with van der Waals surface area (Å²) in [6.07, 6.45) is 27.0. The Balaban J connectivity index is -0.0000000122. The van der Waals surface area contributed by atoms with Gasteiger partial charge in [0.2, 0.25) is 0 Å². The molecule has 0 aromatic heterocycles. The van der Waals surface area contributed by atoms with E-state index in [0.29, 0.717) is 0 Å². The van der Waals surface area contributed by atoms with E-state index in [1.165, 1.54) is 20.8 Å². The van der Waals surface area contributed by atoms with Gasteiger partial charge in [-0.2, -0.15) is 15.8 Å². The molecule has 1 radical (unpaired) electrons. The fourth-order valence-electron chi connectivity index (χ4n) is 0. The van der Waals surface area contributed by atoms with Gasteiger partial charge in [-0.25, -0.2) is 0 Å². The van der Waals surface area contributed by atoms with Crippen LogP contribution in [0.3, 0.4) is 0 Å². The van der Waals surface area contributed by atoms with Crippen molar-refractivity contribution < 1.29 is 21.1 Å². The van der Waals surface area contributed by atoms with Gasteiger partial charge in [0, 0.05) is 20.8 Å². The molecule has 0 aliphatic heterocycles. The predicted molar refractivity (Wildman–Crippen MR) is 58.4 cm³/mol. The number of hydrogen-bond donors (Lipinski definition) is 0. The van der Waals surface area contributed by atoms with Crippen LogP contribution < -0.4 is 0 Å². The summed E-state index contributed by atoms with van der Waals surface area (Å²) < 4.78 is 0. The Hall–Kier alpha value is -2.16. The quantitative estimate of drug-likeness (QED) is 0.390. The van der Waals surface area contributed by atoms with Crippen molar-refractivity contribution in [3.63, 3.8) is 0 Å². The van der Waals surface area contributed by atoms with Gasteiger partial charge in [-0.05, 0) is 0 Å².